The number of nitrogen functional groups attached to an aromatic ring is 1. The Morgan fingerprint density at radius 2 is 2.15 bits per heavy atom. The number of nitrogens with zero attached hydrogens (tertiary/aromatic N) is 2. The minimum atomic E-state index is 0.131. The fraction of sp³-hybridized carbons (Fsp3) is 0.400. The Kier molecular flexibility index (Phi) is 5.20. The number of nitrogens with two attached hydrogens (primary N) is 1. The van der Waals surface area contributed by atoms with Gasteiger partial charge in [0, 0.05) is 34.8 Å². The molecule has 20 heavy (non-hydrogen) atoms. The molecular formula is C15H20BrN3O. The third-order valence-corrected chi connectivity index (χ3v) is 3.75. The van der Waals surface area contributed by atoms with Gasteiger partial charge in [-0.1, -0.05) is 13.3 Å². The first kappa shape index (κ1) is 15.1. The summed E-state index contributed by atoms with van der Waals surface area (Å²) in [5, 5.41) is 10.2. The van der Waals surface area contributed by atoms with Crippen molar-refractivity contribution < 1.29 is 5.11 Å². The highest BCUT2D eigenvalue weighted by Crippen LogP contribution is 2.31. The van der Waals surface area contributed by atoms with Crippen LogP contribution in [0.15, 0.2) is 28.9 Å². The number of aliphatic hydroxyl groups excluding tert-OH is 1. The normalized spacial score (nSPS) is 10.9. The fourth-order valence-corrected chi connectivity index (χ4v) is 2.61. The van der Waals surface area contributed by atoms with Gasteiger partial charge in [-0.3, -0.25) is 4.98 Å². The first-order valence-corrected chi connectivity index (χ1v) is 7.66. The number of aliphatic hydroxyl groups is 1. The lowest BCUT2D eigenvalue weighted by Gasteiger charge is -2.25. The van der Waals surface area contributed by atoms with Crippen LogP contribution in [0.3, 0.4) is 0 Å². The van der Waals surface area contributed by atoms with Crippen molar-refractivity contribution in [2.24, 2.45) is 0 Å². The summed E-state index contributed by atoms with van der Waals surface area (Å²) in [6.45, 7) is 3.81. The summed E-state index contributed by atoms with van der Waals surface area (Å²) in [5.74, 6) is 0. The number of hydrogen-bond donors (Lipinski definition) is 2. The van der Waals surface area contributed by atoms with E-state index in [-0.39, 0.29) is 6.61 Å². The topological polar surface area (TPSA) is 62.4 Å². The zero-order valence-corrected chi connectivity index (χ0v) is 13.2. The molecule has 2 aromatic rings. The molecule has 0 spiro atoms. The summed E-state index contributed by atoms with van der Waals surface area (Å²) in [7, 11) is 0. The Hall–Kier alpha value is -1.33. The van der Waals surface area contributed by atoms with E-state index < -0.39 is 0 Å². The Labute approximate surface area is 127 Å². The van der Waals surface area contributed by atoms with Crippen LogP contribution < -0.4 is 10.6 Å². The minimum absolute atomic E-state index is 0.131. The van der Waals surface area contributed by atoms with Gasteiger partial charge in [0.25, 0.3) is 0 Å². The first-order chi connectivity index (χ1) is 9.67. The fourth-order valence-electron chi connectivity index (χ4n) is 2.28. The van der Waals surface area contributed by atoms with Gasteiger partial charge in [-0.25, -0.2) is 0 Å². The molecule has 0 aliphatic heterocycles. The lowest BCUT2D eigenvalue weighted by molar-refractivity contribution is 0.301. The third-order valence-electron chi connectivity index (χ3n) is 3.32. The van der Waals surface area contributed by atoms with Gasteiger partial charge in [-0.15, -0.1) is 0 Å². The van der Waals surface area contributed by atoms with Crippen molar-refractivity contribution in [1.82, 2.24) is 4.98 Å². The van der Waals surface area contributed by atoms with Crippen molar-refractivity contribution in [2.75, 3.05) is 30.3 Å². The molecule has 0 radical (unpaired) electrons. The summed E-state index contributed by atoms with van der Waals surface area (Å²) in [4.78, 5) is 6.68. The number of unbranched alkanes of at least 4 members (excludes halogenated alkanes) is 1. The van der Waals surface area contributed by atoms with Crippen molar-refractivity contribution in [2.45, 2.75) is 19.8 Å². The highest BCUT2D eigenvalue weighted by molar-refractivity contribution is 9.10. The van der Waals surface area contributed by atoms with Crippen LogP contribution in [-0.4, -0.2) is 29.8 Å². The average molecular weight is 338 g/mol. The highest BCUT2D eigenvalue weighted by Gasteiger charge is 2.12. The molecule has 0 saturated heterocycles. The maximum atomic E-state index is 9.27. The van der Waals surface area contributed by atoms with Gasteiger partial charge in [0.15, 0.2) is 0 Å². The second-order valence-corrected chi connectivity index (χ2v) is 5.70. The first-order valence-electron chi connectivity index (χ1n) is 6.87. The smallest absolute Gasteiger partial charge is 0.0956 e. The van der Waals surface area contributed by atoms with E-state index in [9.17, 15) is 5.11 Å². The SMILES string of the molecule is CCCCN(CCO)c1ccc(N)c2cc(Br)cnc12. The van der Waals surface area contributed by atoms with Crippen LogP contribution in [0.1, 0.15) is 19.8 Å². The van der Waals surface area contributed by atoms with Crippen LogP contribution in [0.2, 0.25) is 0 Å². The summed E-state index contributed by atoms with van der Waals surface area (Å²) >= 11 is 3.43. The van der Waals surface area contributed by atoms with Crippen LogP contribution in [0.5, 0.6) is 0 Å². The van der Waals surface area contributed by atoms with Crippen molar-refractivity contribution >= 4 is 38.2 Å². The van der Waals surface area contributed by atoms with E-state index in [1.54, 1.807) is 6.20 Å². The number of anilines is 2. The molecule has 1 aromatic carbocycles. The van der Waals surface area contributed by atoms with Crippen LogP contribution >= 0.6 is 15.9 Å². The monoisotopic (exact) mass is 337 g/mol. The van der Waals surface area contributed by atoms with Crippen molar-refractivity contribution in [3.8, 4) is 0 Å². The lowest BCUT2D eigenvalue weighted by Crippen LogP contribution is -2.28. The number of rotatable bonds is 6. The highest BCUT2D eigenvalue weighted by atomic mass is 79.9. The third kappa shape index (κ3) is 3.22. The van der Waals surface area contributed by atoms with Gasteiger partial charge in [-0.05, 0) is 40.5 Å². The van der Waals surface area contributed by atoms with Gasteiger partial charge in [0.1, 0.15) is 0 Å². The van der Waals surface area contributed by atoms with Crippen LogP contribution in [0.4, 0.5) is 11.4 Å². The van der Waals surface area contributed by atoms with Crippen LogP contribution in [0, 0.1) is 0 Å². The molecule has 3 N–H and O–H groups in total. The van der Waals surface area contributed by atoms with Gasteiger partial charge >= 0.3 is 0 Å². The summed E-state index contributed by atoms with van der Waals surface area (Å²) in [6.07, 6.45) is 3.98. The molecule has 5 heteroatoms. The van der Waals surface area contributed by atoms with Crippen molar-refractivity contribution in [3.05, 3.63) is 28.9 Å². The van der Waals surface area contributed by atoms with Gasteiger partial charge in [-0.2, -0.15) is 0 Å². The Balaban J connectivity index is 2.48. The number of aromatic nitrogens is 1. The second-order valence-electron chi connectivity index (χ2n) is 4.79. The molecule has 0 saturated carbocycles. The molecule has 0 amide bonds. The predicted molar refractivity (Wildman–Crippen MR) is 88.1 cm³/mol. The maximum Gasteiger partial charge on any atom is 0.0956 e. The van der Waals surface area contributed by atoms with Crippen molar-refractivity contribution in [1.29, 1.82) is 0 Å². The molecule has 0 unspecified atom stereocenters. The van der Waals surface area contributed by atoms with Gasteiger partial charge < -0.3 is 15.7 Å². The molecule has 1 aromatic heterocycles. The number of halogens is 1. The maximum absolute atomic E-state index is 9.27. The van der Waals surface area contributed by atoms with E-state index in [2.05, 4.69) is 32.7 Å². The molecular weight excluding hydrogens is 318 g/mol. The molecule has 0 fully saturated rings. The second kappa shape index (κ2) is 6.90. The predicted octanol–water partition coefficient (Wildman–Crippen LogP) is 3.18. The van der Waals surface area contributed by atoms with Gasteiger partial charge in [0.2, 0.25) is 0 Å². The molecule has 0 aliphatic carbocycles. The quantitative estimate of drug-likeness (QED) is 0.794. The summed E-state index contributed by atoms with van der Waals surface area (Å²) in [6, 6.07) is 5.88. The summed E-state index contributed by atoms with van der Waals surface area (Å²) in [5.41, 5.74) is 8.68. The minimum Gasteiger partial charge on any atom is -0.398 e. The molecule has 2 rings (SSSR count). The molecule has 0 atom stereocenters. The van der Waals surface area contributed by atoms with E-state index in [1.807, 2.05) is 18.2 Å². The Morgan fingerprint density at radius 3 is 2.85 bits per heavy atom. The lowest BCUT2D eigenvalue weighted by atomic mass is 10.1. The molecule has 108 valence electrons. The zero-order valence-electron chi connectivity index (χ0n) is 11.6. The Bertz CT molecular complexity index is 589. The van der Waals surface area contributed by atoms with Crippen LogP contribution in [-0.2, 0) is 0 Å². The van der Waals surface area contributed by atoms with E-state index in [0.717, 1.165) is 46.1 Å². The molecule has 0 aliphatic rings. The summed E-state index contributed by atoms with van der Waals surface area (Å²) < 4.78 is 0.913. The van der Waals surface area contributed by atoms with E-state index in [1.165, 1.54) is 0 Å². The molecule has 4 nitrogen and oxygen atoms in total. The molecule has 1 heterocycles. The van der Waals surface area contributed by atoms with E-state index >= 15 is 0 Å². The standard InChI is InChI=1S/C15H20BrN3O/c1-2-3-6-19(7-8-20)14-5-4-13(17)12-9-11(16)10-18-15(12)14/h4-5,9-10,20H,2-3,6-8,17H2,1H3. The number of hydrogen-bond acceptors (Lipinski definition) is 4. The number of fused-ring (bicyclic) bond motifs is 1. The van der Waals surface area contributed by atoms with E-state index in [4.69, 9.17) is 5.73 Å². The zero-order chi connectivity index (χ0) is 14.5. The van der Waals surface area contributed by atoms with Crippen molar-refractivity contribution in [3.63, 3.8) is 0 Å². The van der Waals surface area contributed by atoms with Gasteiger partial charge in [0.05, 0.1) is 17.8 Å². The van der Waals surface area contributed by atoms with E-state index in [0.29, 0.717) is 6.54 Å². The molecule has 0 bridgehead atoms. The number of benzene rings is 1. The Morgan fingerprint density at radius 1 is 1.35 bits per heavy atom. The van der Waals surface area contributed by atoms with Crippen LogP contribution in [0.25, 0.3) is 10.9 Å². The average Bonchev–Trinajstić information content (AvgIpc) is 2.45. The largest absolute Gasteiger partial charge is 0.398 e. The number of pyridine rings is 1.